The van der Waals surface area contributed by atoms with E-state index >= 15 is 0 Å². The molecular formula is C16H19NO3S. The van der Waals surface area contributed by atoms with E-state index in [9.17, 15) is 4.79 Å². The van der Waals surface area contributed by atoms with Gasteiger partial charge >= 0.3 is 5.97 Å². The first-order chi connectivity index (χ1) is 10.2. The van der Waals surface area contributed by atoms with E-state index in [0.29, 0.717) is 19.6 Å². The summed E-state index contributed by atoms with van der Waals surface area (Å²) in [6.07, 6.45) is 0.462. The zero-order valence-electron chi connectivity index (χ0n) is 12.0. The summed E-state index contributed by atoms with van der Waals surface area (Å²) in [7, 11) is 0. The lowest BCUT2D eigenvalue weighted by Gasteiger charge is -2.11. The molecule has 21 heavy (non-hydrogen) atoms. The van der Waals surface area contributed by atoms with Gasteiger partial charge in [0.25, 0.3) is 0 Å². The molecule has 0 saturated heterocycles. The van der Waals surface area contributed by atoms with Crippen molar-refractivity contribution in [2.75, 3.05) is 6.61 Å². The predicted molar refractivity (Wildman–Crippen MR) is 83.4 cm³/mol. The molecule has 112 valence electrons. The molecule has 0 unspecified atom stereocenters. The number of carbonyl (C=O) groups excluding carboxylic acids is 1. The van der Waals surface area contributed by atoms with Crippen LogP contribution in [-0.2, 0) is 22.6 Å². The molecule has 0 aliphatic heterocycles. The average Bonchev–Trinajstić information content (AvgIpc) is 3.00. The van der Waals surface area contributed by atoms with Gasteiger partial charge in [0, 0.05) is 4.88 Å². The predicted octanol–water partition coefficient (Wildman–Crippen LogP) is 2.76. The number of hydrogen-bond acceptors (Lipinski definition) is 5. The van der Waals surface area contributed by atoms with E-state index < -0.39 is 6.04 Å². The first-order valence-electron chi connectivity index (χ1n) is 6.85. The lowest BCUT2D eigenvalue weighted by atomic mass is 10.1. The highest BCUT2D eigenvalue weighted by molar-refractivity contribution is 7.09. The van der Waals surface area contributed by atoms with Crippen LogP contribution in [0.1, 0.15) is 17.4 Å². The van der Waals surface area contributed by atoms with Crippen molar-refractivity contribution >= 4 is 17.3 Å². The van der Waals surface area contributed by atoms with Crippen molar-refractivity contribution < 1.29 is 14.3 Å². The third-order valence-corrected chi connectivity index (χ3v) is 3.78. The van der Waals surface area contributed by atoms with Gasteiger partial charge in [-0.05, 0) is 42.5 Å². The molecule has 5 heteroatoms. The third-order valence-electron chi connectivity index (χ3n) is 2.93. The number of esters is 1. The molecule has 0 radical (unpaired) electrons. The minimum Gasteiger partial charge on any atom is -0.488 e. The number of hydrogen-bond donors (Lipinski definition) is 1. The Kier molecular flexibility index (Phi) is 5.78. The Morgan fingerprint density at radius 3 is 2.67 bits per heavy atom. The molecule has 1 atom stereocenters. The van der Waals surface area contributed by atoms with Gasteiger partial charge in [0.15, 0.2) is 0 Å². The minimum absolute atomic E-state index is 0.349. The smallest absolute Gasteiger partial charge is 0.323 e. The maximum atomic E-state index is 11.5. The fourth-order valence-electron chi connectivity index (χ4n) is 1.86. The van der Waals surface area contributed by atoms with Crippen LogP contribution in [0.2, 0.25) is 0 Å². The Morgan fingerprint density at radius 1 is 1.29 bits per heavy atom. The fourth-order valence-corrected chi connectivity index (χ4v) is 2.47. The van der Waals surface area contributed by atoms with Crippen molar-refractivity contribution in [2.24, 2.45) is 5.73 Å². The van der Waals surface area contributed by atoms with E-state index in [1.54, 1.807) is 18.3 Å². The summed E-state index contributed by atoms with van der Waals surface area (Å²) in [4.78, 5) is 12.7. The van der Waals surface area contributed by atoms with Crippen molar-refractivity contribution in [3.8, 4) is 5.75 Å². The van der Waals surface area contributed by atoms with Crippen LogP contribution in [-0.4, -0.2) is 18.6 Å². The summed E-state index contributed by atoms with van der Waals surface area (Å²) in [5, 5.41) is 2.03. The molecule has 2 N–H and O–H groups in total. The van der Waals surface area contributed by atoms with Gasteiger partial charge in [-0.15, -0.1) is 11.3 Å². The second-order valence-corrected chi connectivity index (χ2v) is 5.61. The highest BCUT2D eigenvalue weighted by atomic mass is 32.1. The van der Waals surface area contributed by atoms with Crippen LogP contribution < -0.4 is 10.5 Å². The summed E-state index contributed by atoms with van der Waals surface area (Å²) in [6, 6.07) is 11.0. The average molecular weight is 305 g/mol. The second-order valence-electron chi connectivity index (χ2n) is 4.57. The number of carbonyl (C=O) groups is 1. The molecule has 1 heterocycles. The van der Waals surface area contributed by atoms with Gasteiger partial charge in [0.05, 0.1) is 6.61 Å². The number of ether oxygens (including phenoxy) is 2. The molecular weight excluding hydrogens is 286 g/mol. The standard InChI is InChI=1S/C16H19NO3S/c1-2-19-16(18)15(17)10-12-5-7-13(8-6-12)20-11-14-4-3-9-21-14/h3-9,15H,2,10-11,17H2,1H3/t15-/m0/s1. The molecule has 0 spiro atoms. The van der Waals surface area contributed by atoms with Gasteiger partial charge in [0.1, 0.15) is 18.4 Å². The van der Waals surface area contributed by atoms with Crippen LogP contribution >= 0.6 is 11.3 Å². The maximum Gasteiger partial charge on any atom is 0.323 e. The molecule has 4 nitrogen and oxygen atoms in total. The van der Waals surface area contributed by atoms with Crippen molar-refractivity contribution in [2.45, 2.75) is 26.0 Å². The summed E-state index contributed by atoms with van der Waals surface area (Å²) in [6.45, 7) is 2.69. The summed E-state index contributed by atoms with van der Waals surface area (Å²) in [5.41, 5.74) is 6.78. The van der Waals surface area contributed by atoms with Crippen LogP contribution in [0, 0.1) is 0 Å². The molecule has 0 fully saturated rings. The number of thiophene rings is 1. The molecule has 1 aromatic carbocycles. The Balaban J connectivity index is 1.85. The molecule has 2 aromatic rings. The van der Waals surface area contributed by atoms with Crippen LogP contribution in [0.3, 0.4) is 0 Å². The van der Waals surface area contributed by atoms with Gasteiger partial charge in [-0.2, -0.15) is 0 Å². The van der Waals surface area contributed by atoms with E-state index in [0.717, 1.165) is 11.3 Å². The molecule has 0 aliphatic carbocycles. The number of nitrogens with two attached hydrogens (primary N) is 1. The lowest BCUT2D eigenvalue weighted by Crippen LogP contribution is -2.34. The Hall–Kier alpha value is -1.85. The fraction of sp³-hybridized carbons (Fsp3) is 0.312. The SMILES string of the molecule is CCOC(=O)[C@@H](N)Cc1ccc(OCc2cccs2)cc1. The summed E-state index contributed by atoms with van der Waals surface area (Å²) < 4.78 is 10.6. The zero-order chi connectivity index (χ0) is 15.1. The van der Waals surface area contributed by atoms with Gasteiger partial charge in [0.2, 0.25) is 0 Å². The quantitative estimate of drug-likeness (QED) is 0.799. The molecule has 0 aliphatic rings. The number of rotatable bonds is 7. The molecule has 1 aromatic heterocycles. The topological polar surface area (TPSA) is 61.5 Å². The summed E-state index contributed by atoms with van der Waals surface area (Å²) >= 11 is 1.67. The van der Waals surface area contributed by atoms with Crippen LogP contribution in [0.4, 0.5) is 0 Å². The normalized spacial score (nSPS) is 11.9. The molecule has 2 rings (SSSR count). The van der Waals surface area contributed by atoms with E-state index in [1.165, 1.54) is 4.88 Å². The van der Waals surface area contributed by atoms with Gasteiger partial charge < -0.3 is 15.2 Å². The van der Waals surface area contributed by atoms with Crippen LogP contribution in [0.15, 0.2) is 41.8 Å². The molecule has 0 saturated carbocycles. The van der Waals surface area contributed by atoms with Crippen LogP contribution in [0.5, 0.6) is 5.75 Å². The Labute approximate surface area is 128 Å². The summed E-state index contributed by atoms with van der Waals surface area (Å²) in [5.74, 6) is 0.437. The molecule has 0 amide bonds. The van der Waals surface area contributed by atoms with E-state index in [1.807, 2.05) is 41.8 Å². The first-order valence-corrected chi connectivity index (χ1v) is 7.73. The van der Waals surface area contributed by atoms with Crippen molar-refractivity contribution in [3.05, 3.63) is 52.2 Å². The van der Waals surface area contributed by atoms with E-state index in [-0.39, 0.29) is 5.97 Å². The van der Waals surface area contributed by atoms with Gasteiger partial charge in [-0.3, -0.25) is 4.79 Å². The van der Waals surface area contributed by atoms with Crippen molar-refractivity contribution in [1.29, 1.82) is 0 Å². The minimum atomic E-state index is -0.622. The Morgan fingerprint density at radius 2 is 2.05 bits per heavy atom. The van der Waals surface area contributed by atoms with Gasteiger partial charge in [-0.25, -0.2) is 0 Å². The maximum absolute atomic E-state index is 11.5. The highest BCUT2D eigenvalue weighted by Gasteiger charge is 2.14. The highest BCUT2D eigenvalue weighted by Crippen LogP contribution is 2.17. The monoisotopic (exact) mass is 305 g/mol. The zero-order valence-corrected chi connectivity index (χ0v) is 12.8. The van der Waals surface area contributed by atoms with E-state index in [4.69, 9.17) is 15.2 Å². The van der Waals surface area contributed by atoms with Crippen LogP contribution in [0.25, 0.3) is 0 Å². The number of benzene rings is 1. The van der Waals surface area contributed by atoms with Crippen molar-refractivity contribution in [1.82, 2.24) is 0 Å². The Bertz CT molecular complexity index is 551. The molecule has 0 bridgehead atoms. The lowest BCUT2D eigenvalue weighted by molar-refractivity contribution is -0.144. The largest absolute Gasteiger partial charge is 0.488 e. The van der Waals surface area contributed by atoms with Gasteiger partial charge in [-0.1, -0.05) is 18.2 Å². The van der Waals surface area contributed by atoms with Crippen molar-refractivity contribution in [3.63, 3.8) is 0 Å². The first kappa shape index (κ1) is 15.5. The third kappa shape index (κ3) is 4.88. The van der Waals surface area contributed by atoms with E-state index in [2.05, 4.69) is 0 Å². The second kappa shape index (κ2) is 7.81.